The third-order valence-electron chi connectivity index (χ3n) is 6.72. The molecule has 5 nitrogen and oxygen atoms in total. The molecule has 0 bridgehead atoms. The Balaban J connectivity index is 1.17. The molecule has 2 fully saturated rings. The Morgan fingerprint density at radius 2 is 1.97 bits per heavy atom. The van der Waals surface area contributed by atoms with Gasteiger partial charge in [0, 0.05) is 31.8 Å². The van der Waals surface area contributed by atoms with E-state index in [-0.39, 0.29) is 0 Å². The van der Waals surface area contributed by atoms with E-state index in [9.17, 15) is 0 Å². The van der Waals surface area contributed by atoms with Gasteiger partial charge in [-0.1, -0.05) is 23.8 Å². The molecule has 0 saturated carbocycles. The van der Waals surface area contributed by atoms with Crippen LogP contribution in [0.25, 0.3) is 0 Å². The second-order valence-electron chi connectivity index (χ2n) is 9.18. The first-order chi connectivity index (χ1) is 15.2. The number of nitrogens with zero attached hydrogens (tertiary/aromatic N) is 2. The fraction of sp³-hybridized carbons (Fsp3) is 0.577. The van der Waals surface area contributed by atoms with Crippen molar-refractivity contribution in [3.63, 3.8) is 0 Å². The molecule has 2 aromatic rings. The summed E-state index contributed by atoms with van der Waals surface area (Å²) < 4.78 is 12.0. The Hall–Kier alpha value is -2.11. The maximum Gasteiger partial charge on any atom is 0.139 e. The second kappa shape index (κ2) is 11.0. The summed E-state index contributed by atoms with van der Waals surface area (Å²) in [6.07, 6.45) is 9.82. The predicted molar refractivity (Wildman–Crippen MR) is 126 cm³/mol. The van der Waals surface area contributed by atoms with Crippen molar-refractivity contribution in [1.29, 1.82) is 0 Å². The number of rotatable bonds is 9. The molecule has 31 heavy (non-hydrogen) atoms. The van der Waals surface area contributed by atoms with Gasteiger partial charge in [-0.05, 0) is 69.5 Å². The molecule has 0 radical (unpaired) electrons. The summed E-state index contributed by atoms with van der Waals surface area (Å²) in [5.41, 5.74) is 5.12. The Morgan fingerprint density at radius 3 is 2.74 bits per heavy atom. The van der Waals surface area contributed by atoms with Crippen LogP contribution in [0.5, 0.6) is 5.75 Å². The molecular weight excluding hydrogens is 386 g/mol. The van der Waals surface area contributed by atoms with Gasteiger partial charge < -0.3 is 19.7 Å². The molecule has 168 valence electrons. The third-order valence-corrected chi connectivity index (χ3v) is 6.72. The average molecular weight is 424 g/mol. The first-order valence-electron chi connectivity index (χ1n) is 11.9. The average Bonchev–Trinajstić information content (AvgIpc) is 3.31. The SMILES string of the molecule is Cc1ccc(COCCC2CCN(c3cncc(OC[C@@H]4CCCN4)c3)CC2)c(C)c1. The normalized spacial score (nSPS) is 19.7. The number of ether oxygens (including phenoxy) is 2. The maximum absolute atomic E-state index is 5.99. The van der Waals surface area contributed by atoms with Gasteiger partial charge in [0.2, 0.25) is 0 Å². The van der Waals surface area contributed by atoms with Crippen molar-refractivity contribution in [3.8, 4) is 5.75 Å². The van der Waals surface area contributed by atoms with Gasteiger partial charge in [-0.2, -0.15) is 0 Å². The van der Waals surface area contributed by atoms with E-state index in [0.29, 0.717) is 6.04 Å². The van der Waals surface area contributed by atoms with Crippen LogP contribution < -0.4 is 15.0 Å². The summed E-state index contributed by atoms with van der Waals surface area (Å²) in [6.45, 7) is 9.87. The second-order valence-corrected chi connectivity index (χ2v) is 9.18. The Labute approximate surface area is 187 Å². The van der Waals surface area contributed by atoms with E-state index in [4.69, 9.17) is 9.47 Å². The topological polar surface area (TPSA) is 46.6 Å². The standard InChI is InChI=1S/C26H37N3O2/c1-20-5-6-23(21(2)14-20)18-30-13-9-22-7-11-29(12-8-22)25-15-26(17-27-16-25)31-19-24-4-3-10-28-24/h5-6,14-17,22,24,28H,3-4,7-13,18-19H2,1-2H3/t24-/m0/s1. The van der Waals surface area contributed by atoms with E-state index in [1.165, 1.54) is 48.1 Å². The molecule has 1 aromatic heterocycles. The Morgan fingerprint density at radius 1 is 1.10 bits per heavy atom. The van der Waals surface area contributed by atoms with Crippen LogP contribution in [0.2, 0.25) is 0 Å². The third kappa shape index (κ3) is 6.44. The number of anilines is 1. The van der Waals surface area contributed by atoms with Crippen LogP contribution in [0.1, 0.15) is 48.8 Å². The van der Waals surface area contributed by atoms with Gasteiger partial charge >= 0.3 is 0 Å². The summed E-state index contributed by atoms with van der Waals surface area (Å²) in [4.78, 5) is 6.86. The van der Waals surface area contributed by atoms with Crippen molar-refractivity contribution >= 4 is 5.69 Å². The summed E-state index contributed by atoms with van der Waals surface area (Å²) in [7, 11) is 0. The maximum atomic E-state index is 5.99. The van der Waals surface area contributed by atoms with Crippen molar-refractivity contribution in [1.82, 2.24) is 10.3 Å². The number of hydrogen-bond donors (Lipinski definition) is 1. The van der Waals surface area contributed by atoms with Gasteiger partial charge in [0.15, 0.2) is 0 Å². The molecule has 2 aliphatic heterocycles. The Kier molecular flexibility index (Phi) is 7.81. The van der Waals surface area contributed by atoms with Crippen LogP contribution in [-0.2, 0) is 11.3 Å². The number of aromatic nitrogens is 1. The lowest BCUT2D eigenvalue weighted by atomic mass is 9.93. The highest BCUT2D eigenvalue weighted by molar-refractivity contribution is 5.48. The van der Waals surface area contributed by atoms with Crippen LogP contribution in [0, 0.1) is 19.8 Å². The summed E-state index contributed by atoms with van der Waals surface area (Å²) in [6, 6.07) is 9.22. The highest BCUT2D eigenvalue weighted by Crippen LogP contribution is 2.27. The van der Waals surface area contributed by atoms with E-state index >= 15 is 0 Å². The molecular formula is C26H37N3O2. The quantitative estimate of drug-likeness (QED) is 0.595. The molecule has 1 atom stereocenters. The molecule has 5 heteroatoms. The zero-order valence-electron chi connectivity index (χ0n) is 19.1. The molecule has 0 amide bonds. The number of pyridine rings is 1. The lowest BCUT2D eigenvalue weighted by Gasteiger charge is -2.33. The van der Waals surface area contributed by atoms with E-state index in [2.05, 4.69) is 53.3 Å². The van der Waals surface area contributed by atoms with Crippen LogP contribution in [0.3, 0.4) is 0 Å². The minimum absolute atomic E-state index is 0.483. The van der Waals surface area contributed by atoms with Crippen molar-refractivity contribution < 1.29 is 9.47 Å². The van der Waals surface area contributed by atoms with E-state index in [1.807, 2.05) is 12.4 Å². The molecule has 0 unspecified atom stereocenters. The van der Waals surface area contributed by atoms with Gasteiger partial charge in [-0.15, -0.1) is 0 Å². The minimum Gasteiger partial charge on any atom is -0.490 e. The van der Waals surface area contributed by atoms with Crippen LogP contribution >= 0.6 is 0 Å². The lowest BCUT2D eigenvalue weighted by Crippen LogP contribution is -2.34. The predicted octanol–water partition coefficient (Wildman–Crippen LogP) is 4.65. The molecule has 0 spiro atoms. The first kappa shape index (κ1) is 22.1. The Bertz CT molecular complexity index is 827. The number of aryl methyl sites for hydroxylation is 2. The van der Waals surface area contributed by atoms with Gasteiger partial charge in [0.1, 0.15) is 12.4 Å². The number of nitrogens with one attached hydrogen (secondary N) is 1. The van der Waals surface area contributed by atoms with Crippen LogP contribution in [0.15, 0.2) is 36.7 Å². The fourth-order valence-corrected chi connectivity index (χ4v) is 4.67. The number of piperidine rings is 1. The monoisotopic (exact) mass is 423 g/mol. The molecule has 1 aromatic carbocycles. The van der Waals surface area contributed by atoms with E-state index < -0.39 is 0 Å². The largest absolute Gasteiger partial charge is 0.490 e. The zero-order valence-corrected chi connectivity index (χ0v) is 19.1. The van der Waals surface area contributed by atoms with Gasteiger partial charge in [-0.25, -0.2) is 0 Å². The van der Waals surface area contributed by atoms with Gasteiger partial charge in [-0.3, -0.25) is 4.98 Å². The van der Waals surface area contributed by atoms with Crippen molar-refractivity contribution in [2.75, 3.05) is 37.7 Å². The van der Waals surface area contributed by atoms with Gasteiger partial charge in [0.25, 0.3) is 0 Å². The minimum atomic E-state index is 0.483. The summed E-state index contributed by atoms with van der Waals surface area (Å²) in [5, 5.41) is 3.48. The first-order valence-corrected chi connectivity index (χ1v) is 11.9. The highest BCUT2D eigenvalue weighted by Gasteiger charge is 2.20. The molecule has 4 rings (SSSR count). The molecule has 1 N–H and O–H groups in total. The number of benzene rings is 1. The molecule has 3 heterocycles. The van der Waals surface area contributed by atoms with Crippen molar-refractivity contribution in [2.24, 2.45) is 5.92 Å². The number of hydrogen-bond acceptors (Lipinski definition) is 5. The highest BCUT2D eigenvalue weighted by atomic mass is 16.5. The molecule has 2 saturated heterocycles. The van der Waals surface area contributed by atoms with E-state index in [0.717, 1.165) is 57.5 Å². The van der Waals surface area contributed by atoms with Crippen LogP contribution in [0.4, 0.5) is 5.69 Å². The smallest absolute Gasteiger partial charge is 0.139 e. The van der Waals surface area contributed by atoms with E-state index in [1.54, 1.807) is 0 Å². The summed E-state index contributed by atoms with van der Waals surface area (Å²) in [5.74, 6) is 1.63. The lowest BCUT2D eigenvalue weighted by molar-refractivity contribution is 0.103. The van der Waals surface area contributed by atoms with Crippen molar-refractivity contribution in [3.05, 3.63) is 53.3 Å². The van der Waals surface area contributed by atoms with Crippen LogP contribution in [-0.4, -0.2) is 43.9 Å². The van der Waals surface area contributed by atoms with Crippen molar-refractivity contribution in [2.45, 2.75) is 58.6 Å². The fourth-order valence-electron chi connectivity index (χ4n) is 4.67. The molecule has 0 aliphatic carbocycles. The van der Waals surface area contributed by atoms with Gasteiger partial charge in [0.05, 0.1) is 24.7 Å². The molecule has 2 aliphatic rings. The zero-order chi connectivity index (χ0) is 21.5. The summed E-state index contributed by atoms with van der Waals surface area (Å²) >= 11 is 0.